The van der Waals surface area contributed by atoms with Gasteiger partial charge in [-0.05, 0) is 37.1 Å². The summed E-state index contributed by atoms with van der Waals surface area (Å²) in [6, 6.07) is 1.98. The van der Waals surface area contributed by atoms with Gasteiger partial charge in [-0.1, -0.05) is 12.1 Å². The molecule has 1 unspecified atom stereocenters. The van der Waals surface area contributed by atoms with Gasteiger partial charge in [-0.25, -0.2) is 9.97 Å². The number of rotatable bonds is 5. The number of nitrogens with one attached hydrogen (secondary N) is 1. The van der Waals surface area contributed by atoms with Crippen LogP contribution in [0, 0.1) is 12.8 Å². The van der Waals surface area contributed by atoms with Gasteiger partial charge in [0.25, 0.3) is 0 Å². The molecule has 0 spiro atoms. The lowest BCUT2D eigenvalue weighted by atomic mass is 9.91. The highest BCUT2D eigenvalue weighted by atomic mass is 32.1. The number of ether oxygens (including phenoxy) is 1. The zero-order chi connectivity index (χ0) is 17.2. The Morgan fingerprint density at radius 3 is 2.84 bits per heavy atom. The first-order valence-corrected chi connectivity index (χ1v) is 9.51. The first-order chi connectivity index (χ1) is 12.2. The van der Waals surface area contributed by atoms with Crippen molar-refractivity contribution >= 4 is 27.4 Å². The fraction of sp³-hybridized carbons (Fsp3) is 0.529. The molecular weight excluding hydrogens is 338 g/mol. The van der Waals surface area contributed by atoms with Crippen LogP contribution in [-0.4, -0.2) is 33.3 Å². The Hall–Kier alpha value is -2.06. The molecule has 0 aromatic carbocycles. The molecular formula is C17H21N5O2S. The molecule has 1 atom stereocenters. The summed E-state index contributed by atoms with van der Waals surface area (Å²) < 4.78 is 11.0. The van der Waals surface area contributed by atoms with Crippen LogP contribution in [0.2, 0.25) is 0 Å². The van der Waals surface area contributed by atoms with E-state index in [9.17, 15) is 0 Å². The highest BCUT2D eigenvalue weighted by Crippen LogP contribution is 2.34. The lowest BCUT2D eigenvalue weighted by molar-refractivity contribution is 0.0571. The quantitative estimate of drug-likeness (QED) is 0.746. The van der Waals surface area contributed by atoms with Crippen LogP contribution in [0.1, 0.15) is 43.3 Å². The van der Waals surface area contributed by atoms with E-state index in [0.29, 0.717) is 17.6 Å². The first kappa shape index (κ1) is 16.4. The summed E-state index contributed by atoms with van der Waals surface area (Å²) in [4.78, 5) is 14.8. The van der Waals surface area contributed by atoms with Crippen LogP contribution in [0.5, 0.6) is 0 Å². The number of anilines is 1. The van der Waals surface area contributed by atoms with E-state index in [2.05, 4.69) is 33.4 Å². The molecule has 3 aromatic heterocycles. The van der Waals surface area contributed by atoms with E-state index >= 15 is 0 Å². The van der Waals surface area contributed by atoms with Gasteiger partial charge < -0.3 is 14.6 Å². The molecule has 1 fully saturated rings. The van der Waals surface area contributed by atoms with Crippen LogP contribution in [0.15, 0.2) is 16.0 Å². The molecule has 1 aliphatic heterocycles. The maximum absolute atomic E-state index is 5.52. The summed E-state index contributed by atoms with van der Waals surface area (Å²) >= 11 is 1.63. The molecule has 0 saturated carbocycles. The van der Waals surface area contributed by atoms with Crippen molar-refractivity contribution in [1.82, 2.24) is 20.1 Å². The second-order valence-corrected chi connectivity index (χ2v) is 7.13. The van der Waals surface area contributed by atoms with Gasteiger partial charge in [0.1, 0.15) is 22.5 Å². The Kier molecular flexibility index (Phi) is 4.63. The molecule has 4 heterocycles. The number of nitrogens with zero attached hydrogens (tertiary/aromatic N) is 4. The Morgan fingerprint density at radius 1 is 1.28 bits per heavy atom. The lowest BCUT2D eigenvalue weighted by Crippen LogP contribution is -2.27. The summed E-state index contributed by atoms with van der Waals surface area (Å²) in [6.45, 7) is 5.42. The van der Waals surface area contributed by atoms with Crippen molar-refractivity contribution in [2.24, 2.45) is 5.92 Å². The van der Waals surface area contributed by atoms with Gasteiger partial charge >= 0.3 is 0 Å². The Bertz CT molecular complexity index is 856. The van der Waals surface area contributed by atoms with Gasteiger partial charge in [-0.15, -0.1) is 11.3 Å². The van der Waals surface area contributed by atoms with Crippen molar-refractivity contribution in [2.45, 2.75) is 39.2 Å². The molecule has 0 amide bonds. The molecule has 0 aliphatic carbocycles. The third-order valence-corrected chi connectivity index (χ3v) is 5.33. The molecule has 4 rings (SSSR count). The predicted molar refractivity (Wildman–Crippen MR) is 95.7 cm³/mol. The second-order valence-electron chi connectivity index (χ2n) is 6.23. The third-order valence-electron chi connectivity index (χ3n) is 4.53. The van der Waals surface area contributed by atoms with Gasteiger partial charge in [-0.3, -0.25) is 0 Å². The SMILES string of the molecule is CCc1nc(NC(c2nc(C)no2)C2CCOCC2)c2ccsc2n1. The van der Waals surface area contributed by atoms with E-state index < -0.39 is 0 Å². The Morgan fingerprint density at radius 2 is 2.12 bits per heavy atom. The molecule has 7 nitrogen and oxygen atoms in total. The summed E-state index contributed by atoms with van der Waals surface area (Å²) in [5.41, 5.74) is 0. The molecule has 0 radical (unpaired) electrons. The van der Waals surface area contributed by atoms with E-state index in [1.54, 1.807) is 11.3 Å². The van der Waals surface area contributed by atoms with Crippen molar-refractivity contribution in [3.8, 4) is 0 Å². The summed E-state index contributed by atoms with van der Waals surface area (Å²) in [7, 11) is 0. The van der Waals surface area contributed by atoms with Gasteiger partial charge in [0.05, 0.1) is 5.39 Å². The molecule has 132 valence electrons. The van der Waals surface area contributed by atoms with E-state index in [1.165, 1.54) is 0 Å². The molecule has 0 bridgehead atoms. The maximum Gasteiger partial charge on any atom is 0.249 e. The zero-order valence-corrected chi connectivity index (χ0v) is 15.2. The zero-order valence-electron chi connectivity index (χ0n) is 14.4. The Balaban J connectivity index is 1.72. The van der Waals surface area contributed by atoms with Crippen LogP contribution in [0.4, 0.5) is 5.82 Å². The van der Waals surface area contributed by atoms with Crippen LogP contribution in [-0.2, 0) is 11.2 Å². The minimum atomic E-state index is -0.0761. The fourth-order valence-corrected chi connectivity index (χ4v) is 3.97. The highest BCUT2D eigenvalue weighted by Gasteiger charge is 2.30. The monoisotopic (exact) mass is 359 g/mol. The van der Waals surface area contributed by atoms with Crippen molar-refractivity contribution in [1.29, 1.82) is 0 Å². The van der Waals surface area contributed by atoms with Gasteiger partial charge in [0.2, 0.25) is 5.89 Å². The fourth-order valence-electron chi connectivity index (χ4n) is 3.18. The number of thiophene rings is 1. The minimum Gasteiger partial charge on any atom is -0.381 e. The van der Waals surface area contributed by atoms with E-state index in [1.807, 2.05) is 12.3 Å². The van der Waals surface area contributed by atoms with E-state index in [0.717, 1.165) is 54.3 Å². The number of hydrogen-bond acceptors (Lipinski definition) is 8. The molecule has 1 saturated heterocycles. The standard InChI is InChI=1S/C17H21N5O2S/c1-3-13-19-15(12-6-9-25-17(12)20-13)21-14(11-4-7-23-8-5-11)16-18-10(2)22-24-16/h6,9,11,14H,3-5,7-8H2,1-2H3,(H,19,20,21). The molecule has 8 heteroatoms. The van der Waals surface area contributed by atoms with Gasteiger partial charge in [0.15, 0.2) is 5.82 Å². The average Bonchev–Trinajstić information content (AvgIpc) is 3.28. The summed E-state index contributed by atoms with van der Waals surface area (Å²) in [5, 5.41) is 10.6. The summed E-state index contributed by atoms with van der Waals surface area (Å²) in [5.74, 6) is 3.30. The largest absolute Gasteiger partial charge is 0.381 e. The third kappa shape index (κ3) is 3.36. The molecule has 1 aliphatic rings. The number of fused-ring (bicyclic) bond motifs is 1. The molecule has 25 heavy (non-hydrogen) atoms. The Labute approximate surface area is 149 Å². The summed E-state index contributed by atoms with van der Waals surface area (Å²) in [6.07, 6.45) is 2.71. The van der Waals surface area contributed by atoms with Crippen molar-refractivity contribution in [3.05, 3.63) is 29.0 Å². The number of hydrogen-bond donors (Lipinski definition) is 1. The second kappa shape index (κ2) is 7.05. The first-order valence-electron chi connectivity index (χ1n) is 8.63. The highest BCUT2D eigenvalue weighted by molar-refractivity contribution is 7.16. The van der Waals surface area contributed by atoms with Crippen LogP contribution in [0.3, 0.4) is 0 Å². The van der Waals surface area contributed by atoms with Crippen molar-refractivity contribution in [3.63, 3.8) is 0 Å². The molecule has 1 N–H and O–H groups in total. The average molecular weight is 359 g/mol. The topological polar surface area (TPSA) is 86.0 Å². The minimum absolute atomic E-state index is 0.0761. The van der Waals surface area contributed by atoms with Crippen LogP contribution >= 0.6 is 11.3 Å². The number of aromatic nitrogens is 4. The van der Waals surface area contributed by atoms with Crippen molar-refractivity contribution < 1.29 is 9.26 Å². The van der Waals surface area contributed by atoms with Gasteiger partial charge in [-0.2, -0.15) is 4.98 Å². The van der Waals surface area contributed by atoms with Gasteiger partial charge in [0, 0.05) is 19.6 Å². The normalized spacial score (nSPS) is 17.0. The van der Waals surface area contributed by atoms with Crippen LogP contribution in [0.25, 0.3) is 10.2 Å². The lowest BCUT2D eigenvalue weighted by Gasteiger charge is -2.29. The molecule has 3 aromatic rings. The smallest absolute Gasteiger partial charge is 0.249 e. The van der Waals surface area contributed by atoms with Crippen molar-refractivity contribution in [2.75, 3.05) is 18.5 Å². The van der Waals surface area contributed by atoms with E-state index in [-0.39, 0.29) is 6.04 Å². The maximum atomic E-state index is 5.52. The van der Waals surface area contributed by atoms with E-state index in [4.69, 9.17) is 14.2 Å². The van der Waals surface area contributed by atoms with Crippen LogP contribution < -0.4 is 5.32 Å². The predicted octanol–water partition coefficient (Wildman–Crippen LogP) is 3.52. The number of aryl methyl sites for hydroxylation is 2.